The molecule has 2 fully saturated rings. The average Bonchev–Trinajstić information content (AvgIpc) is 3.06. The molecule has 0 atom stereocenters. The summed E-state index contributed by atoms with van der Waals surface area (Å²) in [7, 11) is 0. The number of amides is 1. The number of hydrogen-bond acceptors (Lipinski definition) is 2. The summed E-state index contributed by atoms with van der Waals surface area (Å²) in [5.41, 5.74) is 3.92. The van der Waals surface area contributed by atoms with Crippen LogP contribution < -0.4 is 0 Å². The Labute approximate surface area is 153 Å². The molecule has 4 heteroatoms. The van der Waals surface area contributed by atoms with Crippen LogP contribution in [-0.4, -0.2) is 33.7 Å². The highest BCUT2D eigenvalue weighted by atomic mass is 16.2. The lowest BCUT2D eigenvalue weighted by Crippen LogP contribution is -2.61. The summed E-state index contributed by atoms with van der Waals surface area (Å²) in [4.78, 5) is 14.9. The molecule has 1 saturated heterocycles. The molecule has 1 spiro atoms. The largest absolute Gasteiger partial charge is 0.336 e. The van der Waals surface area contributed by atoms with Gasteiger partial charge in [0, 0.05) is 24.1 Å². The van der Waals surface area contributed by atoms with Gasteiger partial charge in [-0.1, -0.05) is 55.0 Å². The highest BCUT2D eigenvalue weighted by Crippen LogP contribution is 2.48. The van der Waals surface area contributed by atoms with Crippen LogP contribution >= 0.6 is 0 Å². The van der Waals surface area contributed by atoms with Crippen LogP contribution in [0.25, 0.3) is 16.9 Å². The van der Waals surface area contributed by atoms with Crippen molar-refractivity contribution in [1.29, 1.82) is 0 Å². The third-order valence-corrected chi connectivity index (χ3v) is 5.75. The molecule has 5 rings (SSSR count). The third kappa shape index (κ3) is 2.45. The summed E-state index contributed by atoms with van der Waals surface area (Å²) >= 11 is 0. The van der Waals surface area contributed by atoms with E-state index in [1.165, 1.54) is 19.3 Å². The van der Waals surface area contributed by atoms with E-state index < -0.39 is 0 Å². The Balaban J connectivity index is 1.51. The first-order chi connectivity index (χ1) is 12.7. The number of carbonyl (C=O) groups excluding carboxylic acids is 1. The van der Waals surface area contributed by atoms with Crippen molar-refractivity contribution in [1.82, 2.24) is 14.7 Å². The Morgan fingerprint density at radius 3 is 2.19 bits per heavy atom. The number of hydrogen-bond donors (Lipinski definition) is 0. The standard InChI is InChI=1S/C22H21N3O/c26-21(24-15-22(16-24)12-7-13-22)19-14-20(17-8-3-1-4-9-17)25(23-19)18-10-5-2-6-11-18/h1-6,8-11,14H,7,12-13,15-16H2. The molecular weight excluding hydrogens is 322 g/mol. The summed E-state index contributed by atoms with van der Waals surface area (Å²) in [6, 6.07) is 22.0. The molecule has 0 bridgehead atoms. The molecule has 1 amide bonds. The van der Waals surface area contributed by atoms with Gasteiger partial charge in [0.2, 0.25) is 0 Å². The molecule has 2 heterocycles. The first kappa shape index (κ1) is 15.4. The van der Waals surface area contributed by atoms with Gasteiger partial charge in [0.1, 0.15) is 0 Å². The molecular formula is C22H21N3O. The van der Waals surface area contributed by atoms with E-state index in [1.807, 2.05) is 64.2 Å². The fourth-order valence-electron chi connectivity index (χ4n) is 4.13. The quantitative estimate of drug-likeness (QED) is 0.716. The number of carbonyl (C=O) groups is 1. The van der Waals surface area contributed by atoms with Crippen LogP contribution in [0.2, 0.25) is 0 Å². The van der Waals surface area contributed by atoms with Crippen molar-refractivity contribution >= 4 is 5.91 Å². The predicted octanol–water partition coefficient (Wildman–Crippen LogP) is 4.17. The third-order valence-electron chi connectivity index (χ3n) is 5.75. The SMILES string of the molecule is O=C(c1cc(-c2ccccc2)n(-c2ccccc2)n1)N1CC2(CCC2)C1. The molecule has 4 nitrogen and oxygen atoms in total. The molecule has 1 saturated carbocycles. The lowest BCUT2D eigenvalue weighted by atomic mass is 9.63. The number of nitrogens with zero attached hydrogens (tertiary/aromatic N) is 3. The highest BCUT2D eigenvalue weighted by Gasteiger charge is 2.49. The van der Waals surface area contributed by atoms with Crippen molar-refractivity contribution in [3.05, 3.63) is 72.4 Å². The van der Waals surface area contributed by atoms with Gasteiger partial charge in [0.15, 0.2) is 5.69 Å². The lowest BCUT2D eigenvalue weighted by molar-refractivity contribution is -0.0429. The first-order valence-corrected chi connectivity index (χ1v) is 9.24. The van der Waals surface area contributed by atoms with Crippen LogP contribution in [0.1, 0.15) is 29.8 Å². The number of rotatable bonds is 3. The van der Waals surface area contributed by atoms with Crippen LogP contribution in [0.3, 0.4) is 0 Å². The Kier molecular flexibility index (Phi) is 3.45. The van der Waals surface area contributed by atoms with Crippen molar-refractivity contribution in [3.63, 3.8) is 0 Å². The van der Waals surface area contributed by atoms with Crippen LogP contribution in [0.15, 0.2) is 66.7 Å². The van der Waals surface area contributed by atoms with Gasteiger partial charge in [-0.25, -0.2) is 4.68 Å². The van der Waals surface area contributed by atoms with E-state index >= 15 is 0 Å². The van der Waals surface area contributed by atoms with E-state index in [1.54, 1.807) is 0 Å². The maximum atomic E-state index is 12.9. The van der Waals surface area contributed by atoms with Crippen molar-refractivity contribution in [3.8, 4) is 16.9 Å². The topological polar surface area (TPSA) is 38.1 Å². The zero-order valence-electron chi connectivity index (χ0n) is 14.6. The van der Waals surface area contributed by atoms with E-state index in [0.29, 0.717) is 11.1 Å². The van der Waals surface area contributed by atoms with Gasteiger partial charge in [-0.3, -0.25) is 4.79 Å². The molecule has 3 aromatic rings. The zero-order valence-corrected chi connectivity index (χ0v) is 14.6. The highest BCUT2D eigenvalue weighted by molar-refractivity contribution is 5.94. The van der Waals surface area contributed by atoms with E-state index in [-0.39, 0.29) is 5.91 Å². The van der Waals surface area contributed by atoms with Gasteiger partial charge in [-0.2, -0.15) is 5.10 Å². The second kappa shape index (κ2) is 5.84. The van der Waals surface area contributed by atoms with Crippen molar-refractivity contribution in [2.24, 2.45) is 5.41 Å². The fourth-order valence-corrected chi connectivity index (χ4v) is 4.13. The maximum Gasteiger partial charge on any atom is 0.274 e. The van der Waals surface area contributed by atoms with E-state index in [4.69, 9.17) is 0 Å². The first-order valence-electron chi connectivity index (χ1n) is 9.24. The molecule has 130 valence electrons. The molecule has 1 aliphatic carbocycles. The zero-order chi connectivity index (χ0) is 17.6. The van der Waals surface area contributed by atoms with Crippen molar-refractivity contribution in [2.75, 3.05) is 13.1 Å². The van der Waals surface area contributed by atoms with Gasteiger partial charge in [0.25, 0.3) is 5.91 Å². The molecule has 2 aromatic carbocycles. The molecule has 1 aliphatic heterocycles. The summed E-state index contributed by atoms with van der Waals surface area (Å²) in [5, 5.41) is 4.68. The minimum Gasteiger partial charge on any atom is -0.336 e. The minimum absolute atomic E-state index is 0.0504. The second-order valence-electron chi connectivity index (χ2n) is 7.54. The molecule has 2 aliphatic rings. The number of likely N-dealkylation sites (tertiary alicyclic amines) is 1. The molecule has 0 radical (unpaired) electrons. The lowest BCUT2D eigenvalue weighted by Gasteiger charge is -2.55. The van der Waals surface area contributed by atoms with Crippen LogP contribution in [0.5, 0.6) is 0 Å². The minimum atomic E-state index is 0.0504. The number of para-hydroxylation sites is 1. The van der Waals surface area contributed by atoms with Gasteiger partial charge in [-0.05, 0) is 31.0 Å². The summed E-state index contributed by atoms with van der Waals surface area (Å²) < 4.78 is 1.88. The summed E-state index contributed by atoms with van der Waals surface area (Å²) in [6.07, 6.45) is 3.85. The van der Waals surface area contributed by atoms with Crippen LogP contribution in [0, 0.1) is 5.41 Å². The normalized spacial score (nSPS) is 17.6. The number of aromatic nitrogens is 2. The smallest absolute Gasteiger partial charge is 0.274 e. The van der Waals surface area contributed by atoms with Crippen LogP contribution in [0.4, 0.5) is 0 Å². The van der Waals surface area contributed by atoms with E-state index in [9.17, 15) is 4.79 Å². The Bertz CT molecular complexity index is 877. The maximum absolute atomic E-state index is 12.9. The van der Waals surface area contributed by atoms with Gasteiger partial charge in [-0.15, -0.1) is 0 Å². The monoisotopic (exact) mass is 343 g/mol. The Morgan fingerprint density at radius 1 is 0.923 bits per heavy atom. The summed E-state index contributed by atoms with van der Waals surface area (Å²) in [6.45, 7) is 1.79. The molecule has 0 N–H and O–H groups in total. The Hall–Kier alpha value is -2.88. The summed E-state index contributed by atoms with van der Waals surface area (Å²) in [5.74, 6) is 0.0504. The molecule has 26 heavy (non-hydrogen) atoms. The second-order valence-corrected chi connectivity index (χ2v) is 7.54. The van der Waals surface area contributed by atoms with Crippen LogP contribution in [-0.2, 0) is 0 Å². The van der Waals surface area contributed by atoms with Gasteiger partial charge >= 0.3 is 0 Å². The van der Waals surface area contributed by atoms with Gasteiger partial charge < -0.3 is 4.90 Å². The molecule has 1 aromatic heterocycles. The van der Waals surface area contributed by atoms with Gasteiger partial charge in [0.05, 0.1) is 11.4 Å². The van der Waals surface area contributed by atoms with E-state index in [2.05, 4.69) is 17.2 Å². The van der Waals surface area contributed by atoms with E-state index in [0.717, 1.165) is 30.0 Å². The number of benzene rings is 2. The molecule has 0 unspecified atom stereocenters. The Morgan fingerprint density at radius 2 is 1.58 bits per heavy atom. The average molecular weight is 343 g/mol. The fraction of sp³-hybridized carbons (Fsp3) is 0.273. The predicted molar refractivity (Wildman–Crippen MR) is 101 cm³/mol. The van der Waals surface area contributed by atoms with Crippen molar-refractivity contribution in [2.45, 2.75) is 19.3 Å². The van der Waals surface area contributed by atoms with Crippen molar-refractivity contribution < 1.29 is 4.79 Å².